The summed E-state index contributed by atoms with van der Waals surface area (Å²) < 4.78 is 4.46. The molecule has 1 aromatic heterocycles. The first-order valence-corrected chi connectivity index (χ1v) is 1.40. The standard InChI is InChI=1S/C4H3O.K/c1-2-4-5-3-1;/h1-3H;/q-1;+1. The monoisotopic (exact) mass is 106 g/mol. The van der Waals surface area contributed by atoms with Crippen molar-refractivity contribution in [3.63, 3.8) is 0 Å². The van der Waals surface area contributed by atoms with Gasteiger partial charge in [0.25, 0.3) is 0 Å². The molecule has 0 spiro atoms. The average Bonchev–Trinajstić information content (AvgIpc) is 1.76. The molecule has 0 amide bonds. The summed E-state index contributed by atoms with van der Waals surface area (Å²) in [6.45, 7) is 0. The van der Waals surface area contributed by atoms with Gasteiger partial charge in [-0.1, -0.05) is 6.26 Å². The summed E-state index contributed by atoms with van der Waals surface area (Å²) in [4.78, 5) is 0. The topological polar surface area (TPSA) is 13.1 Å². The Morgan fingerprint density at radius 3 is 2.50 bits per heavy atom. The third kappa shape index (κ3) is 2.15. The predicted octanol–water partition coefficient (Wildman–Crippen LogP) is -1.92. The molecule has 0 radical (unpaired) electrons. The predicted molar refractivity (Wildman–Crippen MR) is 17.5 cm³/mol. The van der Waals surface area contributed by atoms with Crippen LogP contribution in [0.3, 0.4) is 0 Å². The Labute approximate surface area is 79.1 Å². The van der Waals surface area contributed by atoms with Crippen molar-refractivity contribution < 1.29 is 55.8 Å². The molecule has 0 atom stereocenters. The van der Waals surface area contributed by atoms with Crippen molar-refractivity contribution in [2.75, 3.05) is 0 Å². The van der Waals surface area contributed by atoms with E-state index >= 15 is 0 Å². The van der Waals surface area contributed by atoms with E-state index in [2.05, 4.69) is 10.7 Å². The average molecular weight is 106 g/mol. The molecule has 0 saturated heterocycles. The van der Waals surface area contributed by atoms with Gasteiger partial charge < -0.3 is 4.42 Å². The maximum absolute atomic E-state index is 4.46. The van der Waals surface area contributed by atoms with Crippen LogP contribution in [0.1, 0.15) is 0 Å². The first-order valence-electron chi connectivity index (χ1n) is 1.40. The maximum Gasteiger partial charge on any atom is 1.00 e. The zero-order valence-corrected chi connectivity index (χ0v) is 6.76. The molecule has 0 aliphatic carbocycles. The molecule has 0 saturated carbocycles. The third-order valence-electron chi connectivity index (χ3n) is 0.379. The van der Waals surface area contributed by atoms with Crippen molar-refractivity contribution in [3.8, 4) is 0 Å². The molecule has 26 valence electrons. The molecule has 1 nitrogen and oxygen atoms in total. The molecule has 2 heteroatoms. The van der Waals surface area contributed by atoms with Crippen molar-refractivity contribution >= 4 is 0 Å². The molecule has 1 aromatic rings. The molecule has 0 bridgehead atoms. The molecule has 0 fully saturated rings. The second kappa shape index (κ2) is 4.09. The van der Waals surface area contributed by atoms with Crippen LogP contribution in [0.5, 0.6) is 0 Å². The Kier molecular flexibility index (Phi) is 4.71. The fraction of sp³-hybridized carbons (Fsp3) is 0. The first kappa shape index (κ1) is 6.92. The van der Waals surface area contributed by atoms with E-state index in [1.54, 1.807) is 18.4 Å². The third-order valence-corrected chi connectivity index (χ3v) is 0.379. The summed E-state index contributed by atoms with van der Waals surface area (Å²) in [6.07, 6.45) is 4.06. The molecule has 6 heavy (non-hydrogen) atoms. The van der Waals surface area contributed by atoms with Gasteiger partial charge in [0.15, 0.2) is 0 Å². The van der Waals surface area contributed by atoms with E-state index in [0.29, 0.717) is 0 Å². The number of hydrogen-bond donors (Lipinski definition) is 0. The van der Waals surface area contributed by atoms with E-state index in [1.807, 2.05) is 0 Å². The van der Waals surface area contributed by atoms with Crippen LogP contribution in [0.4, 0.5) is 0 Å². The van der Waals surface area contributed by atoms with Crippen molar-refractivity contribution in [2.45, 2.75) is 0 Å². The minimum absolute atomic E-state index is 0. The van der Waals surface area contributed by atoms with Crippen LogP contribution in [0.2, 0.25) is 0 Å². The van der Waals surface area contributed by atoms with Crippen LogP contribution in [0, 0.1) is 6.26 Å². The molecular weight excluding hydrogens is 103 g/mol. The number of hydrogen-bond acceptors (Lipinski definition) is 1. The van der Waals surface area contributed by atoms with Crippen LogP contribution in [0.25, 0.3) is 0 Å². The summed E-state index contributed by atoms with van der Waals surface area (Å²) >= 11 is 0. The minimum atomic E-state index is 0. The van der Waals surface area contributed by atoms with E-state index in [9.17, 15) is 0 Å². The Hall–Kier alpha value is 0.916. The van der Waals surface area contributed by atoms with Gasteiger partial charge >= 0.3 is 51.4 Å². The Morgan fingerprint density at radius 1 is 1.50 bits per heavy atom. The van der Waals surface area contributed by atoms with Crippen LogP contribution in [-0.4, -0.2) is 0 Å². The summed E-state index contributed by atoms with van der Waals surface area (Å²) in [5, 5.41) is 0. The Bertz CT molecular complexity index is 64.0. The SMILES string of the molecule is [K+].[c-]1ccco1. The van der Waals surface area contributed by atoms with Crippen LogP contribution in [0.15, 0.2) is 22.8 Å². The van der Waals surface area contributed by atoms with Gasteiger partial charge in [0, 0.05) is 0 Å². The van der Waals surface area contributed by atoms with Gasteiger partial charge in [-0.25, -0.2) is 0 Å². The van der Waals surface area contributed by atoms with E-state index in [4.69, 9.17) is 0 Å². The minimum Gasteiger partial charge on any atom is -0.599 e. The zero-order valence-electron chi connectivity index (χ0n) is 3.64. The summed E-state index contributed by atoms with van der Waals surface area (Å²) in [5.41, 5.74) is 0. The van der Waals surface area contributed by atoms with Gasteiger partial charge in [0.05, 0.1) is 0 Å². The molecular formula is C4H3KO. The smallest absolute Gasteiger partial charge is 0.599 e. The number of furan rings is 1. The zero-order chi connectivity index (χ0) is 3.54. The second-order valence-corrected chi connectivity index (χ2v) is 0.731. The second-order valence-electron chi connectivity index (χ2n) is 0.731. The molecule has 0 N–H and O–H groups in total. The van der Waals surface area contributed by atoms with Crippen molar-refractivity contribution in [2.24, 2.45) is 0 Å². The Morgan fingerprint density at radius 2 is 2.33 bits per heavy atom. The van der Waals surface area contributed by atoms with Crippen LogP contribution in [-0.2, 0) is 0 Å². The van der Waals surface area contributed by atoms with Crippen molar-refractivity contribution in [1.82, 2.24) is 0 Å². The molecule has 0 aliphatic heterocycles. The fourth-order valence-corrected chi connectivity index (χ4v) is 0.196. The van der Waals surface area contributed by atoms with Gasteiger partial charge in [-0.3, -0.25) is 0 Å². The molecule has 0 aromatic carbocycles. The van der Waals surface area contributed by atoms with Gasteiger partial charge in [0.1, 0.15) is 0 Å². The van der Waals surface area contributed by atoms with E-state index < -0.39 is 0 Å². The van der Waals surface area contributed by atoms with E-state index in [1.165, 1.54) is 0 Å². The fourth-order valence-electron chi connectivity index (χ4n) is 0.196. The normalized spacial score (nSPS) is 6.67. The van der Waals surface area contributed by atoms with Gasteiger partial charge in [-0.05, 0) is 6.26 Å². The summed E-state index contributed by atoms with van der Waals surface area (Å²) in [6, 6.07) is 3.49. The van der Waals surface area contributed by atoms with Crippen LogP contribution < -0.4 is 51.4 Å². The quantitative estimate of drug-likeness (QED) is 0.278. The van der Waals surface area contributed by atoms with E-state index in [-0.39, 0.29) is 51.4 Å². The first-order chi connectivity index (χ1) is 2.50. The van der Waals surface area contributed by atoms with Crippen molar-refractivity contribution in [1.29, 1.82) is 0 Å². The molecule has 1 heterocycles. The summed E-state index contributed by atoms with van der Waals surface area (Å²) in [7, 11) is 0. The van der Waals surface area contributed by atoms with Gasteiger partial charge in [-0.15, -0.1) is 6.07 Å². The molecule has 0 aliphatic rings. The van der Waals surface area contributed by atoms with Crippen LogP contribution >= 0.6 is 0 Å². The van der Waals surface area contributed by atoms with E-state index in [0.717, 1.165) is 0 Å². The number of rotatable bonds is 0. The van der Waals surface area contributed by atoms with Gasteiger partial charge in [0.2, 0.25) is 0 Å². The molecule has 1 rings (SSSR count). The Balaban J connectivity index is 0.000000250. The molecule has 0 unspecified atom stereocenters. The summed E-state index contributed by atoms with van der Waals surface area (Å²) in [5.74, 6) is 0. The van der Waals surface area contributed by atoms with Crippen molar-refractivity contribution in [3.05, 3.63) is 24.7 Å². The largest absolute Gasteiger partial charge is 1.00 e. The van der Waals surface area contributed by atoms with Gasteiger partial charge in [-0.2, -0.15) is 6.07 Å². The maximum atomic E-state index is 4.46.